The van der Waals surface area contributed by atoms with E-state index in [2.05, 4.69) is 16.9 Å². The highest BCUT2D eigenvalue weighted by atomic mass is 16.5. The third-order valence-electron chi connectivity index (χ3n) is 2.98. The van der Waals surface area contributed by atoms with Crippen molar-refractivity contribution in [2.45, 2.75) is 19.6 Å². The molecular weight excluding hydrogens is 222 g/mol. The first-order valence-corrected chi connectivity index (χ1v) is 5.79. The maximum atomic E-state index is 10.9. The zero-order valence-electron chi connectivity index (χ0n) is 9.87. The molecule has 6 heteroatoms. The molecule has 1 N–H and O–H groups in total. The summed E-state index contributed by atoms with van der Waals surface area (Å²) in [5, 5.41) is 13.0. The summed E-state index contributed by atoms with van der Waals surface area (Å²) in [7, 11) is 0. The molecule has 0 aromatic carbocycles. The number of ether oxygens (including phenoxy) is 1. The standard InChI is InChI=1S/C11H17N3O3/c1-2-13-5-6-17-9(7-13)8-14-10(11(15)16)3-4-12-14/h3-4,9H,2,5-8H2,1H3,(H,15,16). The van der Waals surface area contributed by atoms with Gasteiger partial charge >= 0.3 is 5.97 Å². The maximum Gasteiger partial charge on any atom is 0.354 e. The summed E-state index contributed by atoms with van der Waals surface area (Å²) in [5.74, 6) is -0.953. The van der Waals surface area contributed by atoms with Gasteiger partial charge in [0.15, 0.2) is 0 Å². The lowest BCUT2D eigenvalue weighted by Crippen LogP contribution is -2.44. The molecular formula is C11H17N3O3. The third kappa shape index (κ3) is 2.83. The van der Waals surface area contributed by atoms with Crippen molar-refractivity contribution in [3.63, 3.8) is 0 Å². The summed E-state index contributed by atoms with van der Waals surface area (Å²) in [4.78, 5) is 13.2. The van der Waals surface area contributed by atoms with Gasteiger partial charge in [0, 0.05) is 19.3 Å². The van der Waals surface area contributed by atoms with Crippen molar-refractivity contribution in [2.75, 3.05) is 26.2 Å². The van der Waals surface area contributed by atoms with Gasteiger partial charge in [0.05, 0.1) is 19.3 Å². The Hall–Kier alpha value is -1.40. The van der Waals surface area contributed by atoms with Gasteiger partial charge in [0.25, 0.3) is 0 Å². The van der Waals surface area contributed by atoms with Gasteiger partial charge in [-0.05, 0) is 12.6 Å². The summed E-state index contributed by atoms with van der Waals surface area (Å²) >= 11 is 0. The second-order valence-corrected chi connectivity index (χ2v) is 4.09. The predicted molar refractivity (Wildman–Crippen MR) is 61.0 cm³/mol. The van der Waals surface area contributed by atoms with Gasteiger partial charge in [-0.25, -0.2) is 4.79 Å². The zero-order valence-corrected chi connectivity index (χ0v) is 9.87. The Labute approximate surface area is 99.8 Å². The number of morpholine rings is 1. The number of carbonyl (C=O) groups is 1. The largest absolute Gasteiger partial charge is 0.477 e. The van der Waals surface area contributed by atoms with E-state index in [1.807, 2.05) is 0 Å². The molecule has 2 heterocycles. The van der Waals surface area contributed by atoms with E-state index in [-0.39, 0.29) is 11.8 Å². The van der Waals surface area contributed by atoms with E-state index in [1.54, 1.807) is 0 Å². The summed E-state index contributed by atoms with van der Waals surface area (Å²) in [6, 6.07) is 1.50. The van der Waals surface area contributed by atoms with Crippen LogP contribution in [0.3, 0.4) is 0 Å². The molecule has 0 saturated carbocycles. The number of aromatic nitrogens is 2. The third-order valence-corrected chi connectivity index (χ3v) is 2.98. The highest BCUT2D eigenvalue weighted by Gasteiger charge is 2.21. The number of likely N-dealkylation sites (N-methyl/N-ethyl adjacent to an activating group) is 1. The number of carboxylic acid groups (broad SMARTS) is 1. The molecule has 0 spiro atoms. The van der Waals surface area contributed by atoms with Crippen LogP contribution in [0.5, 0.6) is 0 Å². The second kappa shape index (κ2) is 5.29. The Morgan fingerprint density at radius 2 is 2.53 bits per heavy atom. The number of hydrogen-bond acceptors (Lipinski definition) is 4. The summed E-state index contributed by atoms with van der Waals surface area (Å²) in [6.07, 6.45) is 1.52. The quantitative estimate of drug-likeness (QED) is 0.818. The molecule has 0 amide bonds. The SMILES string of the molecule is CCN1CCOC(Cn2nccc2C(=O)O)C1. The second-order valence-electron chi connectivity index (χ2n) is 4.09. The molecule has 1 aromatic rings. The van der Waals surface area contributed by atoms with Crippen LogP contribution in [-0.2, 0) is 11.3 Å². The fourth-order valence-corrected chi connectivity index (χ4v) is 2.03. The number of carboxylic acids is 1. The van der Waals surface area contributed by atoms with Crippen LogP contribution in [0.1, 0.15) is 17.4 Å². The average Bonchev–Trinajstić information content (AvgIpc) is 2.77. The summed E-state index contributed by atoms with van der Waals surface area (Å²) in [5.41, 5.74) is 0.210. The molecule has 0 radical (unpaired) electrons. The van der Waals surface area contributed by atoms with Gasteiger partial charge < -0.3 is 9.84 Å². The summed E-state index contributed by atoms with van der Waals surface area (Å²) in [6.45, 7) is 6.06. The normalized spacial score (nSPS) is 21.6. The molecule has 2 rings (SSSR count). The fraction of sp³-hybridized carbons (Fsp3) is 0.636. The van der Waals surface area contributed by atoms with Gasteiger partial charge in [-0.15, -0.1) is 0 Å². The van der Waals surface area contributed by atoms with E-state index in [4.69, 9.17) is 9.84 Å². The van der Waals surface area contributed by atoms with E-state index in [1.165, 1.54) is 16.9 Å². The molecule has 1 unspecified atom stereocenters. The van der Waals surface area contributed by atoms with E-state index in [0.717, 1.165) is 19.6 Å². The zero-order chi connectivity index (χ0) is 12.3. The summed E-state index contributed by atoms with van der Waals surface area (Å²) < 4.78 is 7.11. The molecule has 1 atom stereocenters. The molecule has 1 saturated heterocycles. The molecule has 1 aliphatic rings. The van der Waals surface area contributed by atoms with Crippen molar-refractivity contribution >= 4 is 5.97 Å². The van der Waals surface area contributed by atoms with Gasteiger partial charge in [-0.2, -0.15) is 5.10 Å². The van der Waals surface area contributed by atoms with Gasteiger partial charge in [0.2, 0.25) is 0 Å². The number of aromatic carboxylic acids is 1. The van der Waals surface area contributed by atoms with Crippen molar-refractivity contribution in [3.05, 3.63) is 18.0 Å². The first-order valence-electron chi connectivity index (χ1n) is 5.79. The van der Waals surface area contributed by atoms with E-state index in [9.17, 15) is 4.79 Å². The number of rotatable bonds is 4. The number of nitrogens with zero attached hydrogens (tertiary/aromatic N) is 3. The smallest absolute Gasteiger partial charge is 0.354 e. The minimum Gasteiger partial charge on any atom is -0.477 e. The minimum atomic E-state index is -0.953. The monoisotopic (exact) mass is 239 g/mol. The number of hydrogen-bond donors (Lipinski definition) is 1. The Bertz CT molecular complexity index is 391. The first kappa shape index (κ1) is 12.1. The van der Waals surface area contributed by atoms with Crippen LogP contribution in [0.25, 0.3) is 0 Å². The van der Waals surface area contributed by atoms with Crippen molar-refractivity contribution in [1.82, 2.24) is 14.7 Å². The van der Waals surface area contributed by atoms with Crippen molar-refractivity contribution in [3.8, 4) is 0 Å². The molecule has 1 aliphatic heterocycles. The molecule has 17 heavy (non-hydrogen) atoms. The lowest BCUT2D eigenvalue weighted by Gasteiger charge is -2.32. The average molecular weight is 239 g/mol. The topological polar surface area (TPSA) is 67.6 Å². The predicted octanol–water partition coefficient (Wildman–Crippen LogP) is 0.302. The van der Waals surface area contributed by atoms with Gasteiger partial charge in [0.1, 0.15) is 5.69 Å². The van der Waals surface area contributed by atoms with Crippen molar-refractivity contribution in [2.24, 2.45) is 0 Å². The Morgan fingerprint density at radius 3 is 3.24 bits per heavy atom. The molecule has 0 bridgehead atoms. The van der Waals surface area contributed by atoms with Crippen LogP contribution in [0.2, 0.25) is 0 Å². The first-order chi connectivity index (χ1) is 8.20. The Kier molecular flexibility index (Phi) is 3.75. The van der Waals surface area contributed by atoms with Gasteiger partial charge in [-0.1, -0.05) is 6.92 Å². The molecule has 6 nitrogen and oxygen atoms in total. The van der Waals surface area contributed by atoms with Crippen LogP contribution in [0.15, 0.2) is 12.3 Å². The van der Waals surface area contributed by atoms with Crippen LogP contribution in [-0.4, -0.2) is 58.1 Å². The molecule has 1 fully saturated rings. The van der Waals surface area contributed by atoms with Crippen molar-refractivity contribution in [1.29, 1.82) is 0 Å². The van der Waals surface area contributed by atoms with Crippen LogP contribution in [0.4, 0.5) is 0 Å². The lowest BCUT2D eigenvalue weighted by atomic mass is 10.2. The van der Waals surface area contributed by atoms with Crippen molar-refractivity contribution < 1.29 is 14.6 Å². The highest BCUT2D eigenvalue weighted by molar-refractivity contribution is 5.85. The van der Waals surface area contributed by atoms with Crippen LogP contribution >= 0.6 is 0 Å². The molecule has 1 aromatic heterocycles. The fourth-order valence-electron chi connectivity index (χ4n) is 2.03. The molecule has 94 valence electrons. The lowest BCUT2D eigenvalue weighted by molar-refractivity contribution is -0.0361. The van der Waals surface area contributed by atoms with Gasteiger partial charge in [-0.3, -0.25) is 9.58 Å². The van der Waals surface area contributed by atoms with E-state index < -0.39 is 5.97 Å². The Balaban J connectivity index is 2.00. The van der Waals surface area contributed by atoms with E-state index >= 15 is 0 Å². The van der Waals surface area contributed by atoms with Crippen LogP contribution in [0, 0.1) is 0 Å². The Morgan fingerprint density at radius 1 is 1.71 bits per heavy atom. The van der Waals surface area contributed by atoms with Crippen LogP contribution < -0.4 is 0 Å². The maximum absolute atomic E-state index is 10.9. The van der Waals surface area contributed by atoms with E-state index in [0.29, 0.717) is 13.2 Å². The highest BCUT2D eigenvalue weighted by Crippen LogP contribution is 2.08. The minimum absolute atomic E-state index is 0.0155. The molecule has 0 aliphatic carbocycles.